The minimum atomic E-state index is -0.675. The Morgan fingerprint density at radius 1 is 0.475 bits per heavy atom. The fourth-order valence-electron chi connectivity index (χ4n) is 5.65. The summed E-state index contributed by atoms with van der Waals surface area (Å²) >= 11 is 0. The van der Waals surface area contributed by atoms with Gasteiger partial charge in [0.15, 0.2) is 0 Å². The van der Waals surface area contributed by atoms with Crippen molar-refractivity contribution in [1.82, 2.24) is 0 Å². The van der Waals surface area contributed by atoms with E-state index in [4.69, 9.17) is 9.84 Å². The molecule has 0 fully saturated rings. The van der Waals surface area contributed by atoms with E-state index in [2.05, 4.69) is 13.8 Å². The third-order valence-corrected chi connectivity index (χ3v) is 8.40. The van der Waals surface area contributed by atoms with Crippen LogP contribution < -0.4 is 0 Å². The number of unbranched alkanes of at least 4 members (excludes halogenated alkanes) is 25. The van der Waals surface area contributed by atoms with Crippen molar-refractivity contribution in [2.75, 3.05) is 0 Å². The van der Waals surface area contributed by atoms with E-state index < -0.39 is 5.97 Å². The Morgan fingerprint density at radius 3 is 1.15 bits per heavy atom. The number of carboxylic acids is 1. The van der Waals surface area contributed by atoms with Gasteiger partial charge in [-0.3, -0.25) is 9.59 Å². The molecule has 0 spiro atoms. The zero-order valence-corrected chi connectivity index (χ0v) is 27.2. The summed E-state index contributed by atoms with van der Waals surface area (Å²) in [5.41, 5.74) is 0. The van der Waals surface area contributed by atoms with E-state index in [-0.39, 0.29) is 12.1 Å². The van der Waals surface area contributed by atoms with Crippen LogP contribution in [0.5, 0.6) is 0 Å². The first-order valence-electron chi connectivity index (χ1n) is 18.0. The van der Waals surface area contributed by atoms with E-state index in [9.17, 15) is 9.59 Å². The van der Waals surface area contributed by atoms with Gasteiger partial charge in [0.25, 0.3) is 0 Å². The maximum absolute atomic E-state index is 12.3. The Kier molecular flexibility index (Phi) is 31.6. The van der Waals surface area contributed by atoms with Crippen LogP contribution in [0, 0.1) is 0 Å². The van der Waals surface area contributed by atoms with Crippen LogP contribution in [0.3, 0.4) is 0 Å². The molecule has 0 aromatic rings. The highest BCUT2D eigenvalue weighted by atomic mass is 16.5. The molecule has 0 radical (unpaired) electrons. The van der Waals surface area contributed by atoms with Crippen molar-refractivity contribution in [3.05, 3.63) is 0 Å². The van der Waals surface area contributed by atoms with Crippen molar-refractivity contribution in [2.45, 2.75) is 219 Å². The van der Waals surface area contributed by atoms with Crippen molar-refractivity contribution in [1.29, 1.82) is 0 Å². The lowest BCUT2D eigenvalue weighted by Crippen LogP contribution is -2.17. The van der Waals surface area contributed by atoms with Gasteiger partial charge in [0.1, 0.15) is 6.10 Å². The molecule has 0 saturated heterocycles. The quantitative estimate of drug-likeness (QED) is 0.0633. The van der Waals surface area contributed by atoms with Crippen molar-refractivity contribution in [2.24, 2.45) is 0 Å². The molecule has 238 valence electrons. The van der Waals surface area contributed by atoms with Crippen molar-refractivity contribution in [3.8, 4) is 0 Å². The predicted molar refractivity (Wildman–Crippen MR) is 172 cm³/mol. The number of aliphatic carboxylic acids is 1. The zero-order chi connectivity index (χ0) is 29.4. The monoisotopic (exact) mass is 567 g/mol. The normalized spacial score (nSPS) is 12.1. The number of carbonyl (C=O) groups excluding carboxylic acids is 1. The number of hydrogen-bond acceptors (Lipinski definition) is 3. The smallest absolute Gasteiger partial charge is 0.306 e. The van der Waals surface area contributed by atoms with Gasteiger partial charge in [0.2, 0.25) is 0 Å². The van der Waals surface area contributed by atoms with Crippen molar-refractivity contribution < 1.29 is 19.4 Å². The summed E-state index contributed by atoms with van der Waals surface area (Å²) < 4.78 is 5.76. The second kappa shape index (κ2) is 32.5. The summed E-state index contributed by atoms with van der Waals surface area (Å²) in [6, 6.07) is 0. The van der Waals surface area contributed by atoms with Gasteiger partial charge in [-0.2, -0.15) is 0 Å². The van der Waals surface area contributed by atoms with Crippen molar-refractivity contribution >= 4 is 11.9 Å². The highest BCUT2D eigenvalue weighted by Crippen LogP contribution is 2.17. The molecule has 4 nitrogen and oxygen atoms in total. The minimum Gasteiger partial charge on any atom is -0.481 e. The molecule has 0 bridgehead atoms. The molecule has 0 aromatic heterocycles. The van der Waals surface area contributed by atoms with Gasteiger partial charge in [0.05, 0.1) is 0 Å². The summed E-state index contributed by atoms with van der Waals surface area (Å²) in [5.74, 6) is -0.665. The molecule has 1 atom stereocenters. The van der Waals surface area contributed by atoms with E-state index in [1.165, 1.54) is 135 Å². The number of carboxylic acid groups (broad SMARTS) is 1. The molecular weight excluding hydrogens is 496 g/mol. The first kappa shape index (κ1) is 38.9. The van der Waals surface area contributed by atoms with E-state index in [0.717, 1.165) is 51.4 Å². The minimum absolute atomic E-state index is 0.0103. The Hall–Kier alpha value is -1.06. The third kappa shape index (κ3) is 31.5. The number of hydrogen-bond donors (Lipinski definition) is 1. The summed E-state index contributed by atoms with van der Waals surface area (Å²) in [4.78, 5) is 22.8. The molecule has 0 amide bonds. The number of rotatable bonds is 33. The van der Waals surface area contributed by atoms with Crippen LogP contribution in [0.2, 0.25) is 0 Å². The fraction of sp³-hybridized carbons (Fsp3) is 0.944. The van der Waals surface area contributed by atoms with Crippen LogP contribution in [0.4, 0.5) is 0 Å². The van der Waals surface area contributed by atoms with E-state index in [1.807, 2.05) is 0 Å². The maximum Gasteiger partial charge on any atom is 0.306 e. The molecule has 0 aliphatic rings. The topological polar surface area (TPSA) is 63.6 Å². The SMILES string of the molecule is CCCCCCCCCCCCCCCCCCCC(=O)OC(CC)CCCCCCCCCCCCC(=O)O. The van der Waals surface area contributed by atoms with E-state index >= 15 is 0 Å². The Balaban J connectivity index is 3.39. The van der Waals surface area contributed by atoms with Crippen molar-refractivity contribution in [3.63, 3.8) is 0 Å². The summed E-state index contributed by atoms with van der Waals surface area (Å²) in [6.07, 6.45) is 37.8. The van der Waals surface area contributed by atoms with Gasteiger partial charge in [-0.05, 0) is 32.1 Å². The van der Waals surface area contributed by atoms with Crippen LogP contribution in [0.1, 0.15) is 213 Å². The second-order valence-electron chi connectivity index (χ2n) is 12.4. The molecule has 0 saturated carbocycles. The average molecular weight is 567 g/mol. The lowest BCUT2D eigenvalue weighted by atomic mass is 10.0. The number of carbonyl (C=O) groups is 2. The van der Waals surface area contributed by atoms with Gasteiger partial charge >= 0.3 is 11.9 Å². The predicted octanol–water partition coefficient (Wildman–Crippen LogP) is 12.1. The molecule has 0 aromatic carbocycles. The van der Waals surface area contributed by atoms with Crippen LogP contribution in [0.25, 0.3) is 0 Å². The Morgan fingerprint density at radius 2 is 0.800 bits per heavy atom. The first-order valence-corrected chi connectivity index (χ1v) is 18.0. The summed E-state index contributed by atoms with van der Waals surface area (Å²) in [6.45, 7) is 4.42. The fourth-order valence-corrected chi connectivity index (χ4v) is 5.65. The lowest BCUT2D eigenvalue weighted by Gasteiger charge is -2.16. The van der Waals surface area contributed by atoms with Gasteiger partial charge in [-0.1, -0.05) is 168 Å². The standard InChI is InChI=1S/C36H70O4/c1-3-5-6-7-8-9-10-11-12-13-14-15-16-21-24-27-30-33-36(39)40-34(4-2)31-28-25-22-19-17-18-20-23-26-29-32-35(37)38/h34H,3-33H2,1-2H3,(H,37,38). The van der Waals surface area contributed by atoms with Gasteiger partial charge in [-0.25, -0.2) is 0 Å². The lowest BCUT2D eigenvalue weighted by molar-refractivity contribution is -0.149. The largest absolute Gasteiger partial charge is 0.481 e. The molecule has 1 unspecified atom stereocenters. The molecule has 0 aliphatic carbocycles. The molecular formula is C36H70O4. The molecule has 40 heavy (non-hydrogen) atoms. The van der Waals surface area contributed by atoms with Crippen LogP contribution in [-0.4, -0.2) is 23.1 Å². The van der Waals surface area contributed by atoms with Gasteiger partial charge in [0, 0.05) is 12.8 Å². The number of ether oxygens (including phenoxy) is 1. The molecule has 0 rings (SSSR count). The zero-order valence-electron chi connectivity index (χ0n) is 27.2. The summed E-state index contributed by atoms with van der Waals surface area (Å²) in [5, 5.41) is 8.65. The average Bonchev–Trinajstić information content (AvgIpc) is 2.94. The van der Waals surface area contributed by atoms with Gasteiger partial charge in [-0.15, -0.1) is 0 Å². The number of esters is 1. The van der Waals surface area contributed by atoms with Crippen LogP contribution in [0.15, 0.2) is 0 Å². The third-order valence-electron chi connectivity index (χ3n) is 8.40. The molecule has 0 aliphatic heterocycles. The van der Waals surface area contributed by atoms with Gasteiger partial charge < -0.3 is 9.84 Å². The second-order valence-corrected chi connectivity index (χ2v) is 12.4. The molecule has 0 heterocycles. The summed E-state index contributed by atoms with van der Waals surface area (Å²) in [7, 11) is 0. The molecule has 4 heteroatoms. The Labute approximate surface area is 250 Å². The first-order chi connectivity index (χ1) is 19.6. The highest BCUT2D eigenvalue weighted by Gasteiger charge is 2.12. The maximum atomic E-state index is 12.3. The Bertz CT molecular complexity index is 533. The van der Waals surface area contributed by atoms with Crippen LogP contribution >= 0.6 is 0 Å². The molecule has 1 N–H and O–H groups in total. The van der Waals surface area contributed by atoms with Crippen LogP contribution in [-0.2, 0) is 14.3 Å². The van der Waals surface area contributed by atoms with E-state index in [1.54, 1.807) is 0 Å². The highest BCUT2D eigenvalue weighted by molar-refractivity contribution is 5.69. The van der Waals surface area contributed by atoms with E-state index in [0.29, 0.717) is 12.8 Å².